The normalized spacial score (nSPS) is 23.9. The van der Waals surface area contributed by atoms with Crippen LogP contribution in [0.3, 0.4) is 0 Å². The van der Waals surface area contributed by atoms with E-state index in [-0.39, 0.29) is 120 Å². The molecule has 4 saturated carbocycles. The molecule has 0 spiro atoms. The zero-order valence-corrected chi connectivity index (χ0v) is 84.9. The van der Waals surface area contributed by atoms with Crippen LogP contribution in [0.4, 0.5) is 15.3 Å². The van der Waals surface area contributed by atoms with Gasteiger partial charge in [0.2, 0.25) is 53.2 Å². The quantitative estimate of drug-likeness (QED) is 0.00825. The first-order valence-corrected chi connectivity index (χ1v) is 51.2. The van der Waals surface area contributed by atoms with Crippen LogP contribution in [-0.4, -0.2) is 303 Å². The Balaban J connectivity index is 0.745. The number of hydrazone groups is 1. The lowest BCUT2D eigenvalue weighted by Gasteiger charge is -2.56. The van der Waals surface area contributed by atoms with Crippen molar-refractivity contribution in [2.24, 2.45) is 68.0 Å². The molecular formula is C103H164N15O22+. The number of urea groups is 1. The molecule has 2 aromatic carbocycles. The van der Waals surface area contributed by atoms with Gasteiger partial charge in [0.1, 0.15) is 42.6 Å². The summed E-state index contributed by atoms with van der Waals surface area (Å²) in [7, 11) is 6.21. The molecule has 140 heavy (non-hydrogen) atoms. The number of fused-ring (bicyclic) bond motifs is 7. The Bertz CT molecular complexity index is 4460. The number of aliphatic imine (C=N–C) groups is 1. The predicted octanol–water partition coefficient (Wildman–Crippen LogP) is 6.63. The monoisotopic (exact) mass is 1960 g/mol. The van der Waals surface area contributed by atoms with Crippen molar-refractivity contribution in [1.29, 1.82) is 0 Å². The average Bonchev–Trinajstić information content (AvgIpc) is 0.781. The van der Waals surface area contributed by atoms with Gasteiger partial charge in [-0.25, -0.2) is 9.59 Å². The number of primary amides is 1. The largest absolute Gasteiger partial charge is 0.449 e. The number of carbonyl (C=O) groups is 11. The molecule has 0 bridgehead atoms. The zero-order chi connectivity index (χ0) is 101. The van der Waals surface area contributed by atoms with E-state index >= 15 is 4.79 Å². The van der Waals surface area contributed by atoms with Crippen LogP contribution >= 0.6 is 0 Å². The summed E-state index contributed by atoms with van der Waals surface area (Å²) in [5, 5.41) is 42.9. The lowest BCUT2D eigenvalue weighted by atomic mass is 9.49. The van der Waals surface area contributed by atoms with Crippen LogP contribution in [0.25, 0.3) is 0 Å². The van der Waals surface area contributed by atoms with Gasteiger partial charge >= 0.3 is 12.1 Å². The van der Waals surface area contributed by atoms with Gasteiger partial charge in [0.15, 0.2) is 0 Å². The van der Waals surface area contributed by atoms with Crippen LogP contribution in [0.5, 0.6) is 0 Å². The van der Waals surface area contributed by atoms with E-state index in [1.165, 1.54) is 16.7 Å². The van der Waals surface area contributed by atoms with E-state index in [0.29, 0.717) is 191 Å². The molecule has 37 nitrogen and oxygen atoms in total. The fourth-order valence-electron chi connectivity index (χ4n) is 21.2. The van der Waals surface area contributed by atoms with Crippen molar-refractivity contribution < 1.29 is 110 Å². The summed E-state index contributed by atoms with van der Waals surface area (Å²) in [4.78, 5) is 157. The van der Waals surface area contributed by atoms with Crippen molar-refractivity contribution in [3.8, 4) is 11.8 Å². The number of aliphatic hydroxyl groups excluding tert-OH is 1. The number of alkyl carbamates (subject to hydrolysis) is 1. The second kappa shape index (κ2) is 58.4. The molecule has 0 radical (unpaired) electrons. The third kappa shape index (κ3) is 35.9. The highest BCUT2D eigenvalue weighted by molar-refractivity contribution is 6.44. The van der Waals surface area contributed by atoms with E-state index < -0.39 is 107 Å². The maximum atomic E-state index is 15.1. The number of hydrogen-bond donors (Lipinski definition) is 13. The van der Waals surface area contributed by atoms with Crippen molar-refractivity contribution in [3.05, 3.63) is 64.2 Å². The Morgan fingerprint density at radius 2 is 1.05 bits per heavy atom. The molecule has 0 saturated heterocycles. The van der Waals surface area contributed by atoms with Gasteiger partial charge < -0.3 is 116 Å². The second-order valence-corrected chi connectivity index (χ2v) is 40.8. The molecule has 0 aliphatic heterocycles. The van der Waals surface area contributed by atoms with Gasteiger partial charge in [-0.3, -0.25) is 53.5 Å². The molecule has 15 N–H and O–H groups in total. The molecule has 0 aromatic heterocycles. The zero-order valence-electron chi connectivity index (χ0n) is 84.9. The maximum absolute atomic E-state index is 15.1. The molecule has 12 amide bonds. The number of hydrogen-bond acceptors (Lipinski definition) is 25. The number of anilines is 1. The highest BCUT2D eigenvalue weighted by Gasteiger charge is 2.59. The topological polar surface area (TPSA) is 497 Å². The highest BCUT2D eigenvalue weighted by Crippen LogP contribution is 2.60. The lowest BCUT2D eigenvalue weighted by Crippen LogP contribution is -2.60. The third-order valence-corrected chi connectivity index (χ3v) is 29.1. The number of amides is 12. The third-order valence-electron chi connectivity index (χ3n) is 29.1. The standard InChI is InChI=1S/C103H163N15O22/c1-70(2)90(95(126)113-82(27-20-44-109-98(104)129)92(123)114-83(67-119)94(125)111-74-34-31-73-33-36-86-101(5,79(73)66-74)40-22-42-103(86,7)97(128)116-96(127)102(6)41-21-39-100(4)78-65-71(3)29-30-72(78)32-35-85(100)102)115-93(124)81(112-88(121)38-50-132-54-58-136-62-64-138-60-56-134-52-47-110-99(130)140-68-77-75-23-14-11-12-15-24-76(75)77)26-18-19-43-107-89(122)69-139-84-28-17-13-16-25-80(91(84)117-105)106-46-51-133-55-59-137-63-61-135-57-53-131-49-37-87(120)108-45-48-118(8,9)10/h29-31,34,65-66,70,75-77,81-86,90,119H,13-28,32-33,35-64,67-69H2,1-10H3,(H13-,104,105,106,107,108,109,110,111,112,113,114,115,116,120,121,122,123,124,125,126,127,128,129,130)/p+1/t75-,76+,77?,81-,82+,83+,84?,85-,86-,90+,100-,101-,102+,103+/m1/s1. The number of quaternary nitrogens is 1. The molecule has 782 valence electrons. The molecule has 2 unspecified atom stereocenters. The number of rotatable bonds is 60. The first-order chi connectivity index (χ1) is 67.2. The summed E-state index contributed by atoms with van der Waals surface area (Å²) in [6.07, 6.45) is 15.1. The van der Waals surface area contributed by atoms with Crippen molar-refractivity contribution in [2.75, 3.05) is 191 Å². The molecule has 14 atom stereocenters. The number of ether oxygens (including phenoxy) is 10. The van der Waals surface area contributed by atoms with Gasteiger partial charge in [0, 0.05) is 51.0 Å². The van der Waals surface area contributed by atoms with Crippen molar-refractivity contribution in [3.63, 3.8) is 0 Å². The van der Waals surface area contributed by atoms with Gasteiger partial charge in [-0.05, 0) is 203 Å². The molecule has 7 aliphatic rings. The maximum Gasteiger partial charge on any atom is 0.407 e. The van der Waals surface area contributed by atoms with Gasteiger partial charge in [0.25, 0.3) is 0 Å². The first kappa shape index (κ1) is 114. The van der Waals surface area contributed by atoms with Crippen molar-refractivity contribution in [2.45, 2.75) is 257 Å². The molecule has 0 heterocycles. The van der Waals surface area contributed by atoms with Crippen LogP contribution in [0, 0.1) is 65.1 Å². The first-order valence-electron chi connectivity index (χ1n) is 51.2. The minimum atomic E-state index is -1.55. The van der Waals surface area contributed by atoms with Gasteiger partial charge in [-0.15, -0.1) is 11.8 Å². The summed E-state index contributed by atoms with van der Waals surface area (Å²) in [6, 6.07) is 5.96. The molecule has 37 heteroatoms. The number of benzene rings is 2. The van der Waals surface area contributed by atoms with E-state index in [9.17, 15) is 53.1 Å². The molecular weight excluding hydrogens is 1800 g/mol. The molecule has 4 fully saturated rings. The Hall–Kier alpha value is -9.33. The Morgan fingerprint density at radius 3 is 1.63 bits per heavy atom. The van der Waals surface area contributed by atoms with E-state index in [1.54, 1.807) is 19.9 Å². The Morgan fingerprint density at radius 1 is 0.521 bits per heavy atom. The predicted molar refractivity (Wildman–Crippen MR) is 529 cm³/mol. The van der Waals surface area contributed by atoms with Crippen molar-refractivity contribution >= 4 is 82.4 Å². The number of aliphatic hydroxyl groups is 1. The summed E-state index contributed by atoms with van der Waals surface area (Å²) in [6.45, 7) is 20.0. The van der Waals surface area contributed by atoms with Gasteiger partial charge in [-0.1, -0.05) is 97.1 Å². The van der Waals surface area contributed by atoms with Crippen LogP contribution in [0.15, 0.2) is 46.5 Å². The van der Waals surface area contributed by atoms with Crippen LogP contribution in [0.2, 0.25) is 0 Å². The number of nitrogens with two attached hydrogens (primary N) is 2. The summed E-state index contributed by atoms with van der Waals surface area (Å²) < 4.78 is 57.6. The number of likely N-dealkylation sites (N-methyl/N-ethyl adjacent to an activating group) is 1. The van der Waals surface area contributed by atoms with E-state index in [2.05, 4.69) is 137 Å². The Kier molecular flexibility index (Phi) is 47.7. The van der Waals surface area contributed by atoms with Crippen molar-refractivity contribution in [1.82, 2.24) is 47.9 Å². The summed E-state index contributed by atoms with van der Waals surface area (Å²) in [5.74, 6) is 8.61. The van der Waals surface area contributed by atoms with E-state index in [1.807, 2.05) is 19.1 Å². The average molecular weight is 1960 g/mol. The fourth-order valence-corrected chi connectivity index (χ4v) is 21.2. The van der Waals surface area contributed by atoms with Gasteiger partial charge in [-0.2, -0.15) is 5.10 Å². The number of nitrogens with one attached hydrogen (secondary N) is 10. The van der Waals surface area contributed by atoms with Crippen LogP contribution in [-0.2, 0) is 114 Å². The number of unbranched alkanes of at least 4 members (excludes halogenated alkanes) is 1. The Labute approximate surface area is 827 Å². The minimum absolute atomic E-state index is 0.00904. The van der Waals surface area contributed by atoms with Gasteiger partial charge in [0.05, 0.1) is 176 Å². The van der Waals surface area contributed by atoms with Crippen LogP contribution in [0.1, 0.15) is 223 Å². The molecule has 7 aliphatic carbocycles. The van der Waals surface area contributed by atoms with Crippen LogP contribution < -0.4 is 64.7 Å². The number of nitrogens with zero attached hydrogens (tertiary/aromatic N) is 3. The number of aryl methyl sites for hydroxylation is 3. The van der Waals surface area contributed by atoms with E-state index in [0.717, 1.165) is 99.2 Å². The molecule has 2 aromatic rings. The SMILES string of the molecule is Cc1ccc2c(c1)[C@@]1(C)CCC[C@](C)(C(=O)NC(=O)[C@@]3(C)CCC[C@]4(C)c5cc(NC(=O)[C@H](CO)NC(=O)[C@H](CCCNC(N)=O)NC(=O)[C@@H](NC(=O)[C@@H](CCCCNC(=O)COC6CCCCCC(=NCCOCCOCCOCCOCCC(=O)NCC[N+](C)(C)C)C6=NN)NC(=O)CCOCCOCCOCCOCCNC(=O)OCC6[C@H]7CCC#CCC[C@@H]67)C(C)C)ccc5CC[C@@H]34)[C@@H]1CC2. The minimum Gasteiger partial charge on any atom is -0.449 e. The second-order valence-electron chi connectivity index (χ2n) is 40.8. The fraction of sp³-hybridized carbons (Fsp3) is 0.738. The molecule has 9 rings (SSSR count). The number of imide groups is 1. The van der Waals surface area contributed by atoms with E-state index in [4.69, 9.17) is 63.9 Å². The summed E-state index contributed by atoms with van der Waals surface area (Å²) >= 11 is 0. The lowest BCUT2D eigenvalue weighted by molar-refractivity contribution is -0.869. The smallest absolute Gasteiger partial charge is 0.407 e. The highest BCUT2D eigenvalue weighted by atomic mass is 16.6. The number of carbonyl (C=O) groups excluding carboxylic acids is 11. The summed E-state index contributed by atoms with van der Waals surface area (Å²) in [5.41, 5.74) is 10.4.